The predicted octanol–water partition coefficient (Wildman–Crippen LogP) is 4.58. The average Bonchev–Trinajstić information content (AvgIpc) is 3.86. The van der Waals surface area contributed by atoms with Crippen molar-refractivity contribution < 1.29 is 38.5 Å². The zero-order chi connectivity index (χ0) is 36.8. The van der Waals surface area contributed by atoms with Gasteiger partial charge in [-0.15, -0.1) is 0 Å². The molecule has 1 saturated heterocycles. The van der Waals surface area contributed by atoms with E-state index in [0.29, 0.717) is 22.8 Å². The van der Waals surface area contributed by atoms with Crippen LogP contribution >= 0.6 is 11.6 Å². The van der Waals surface area contributed by atoms with Crippen LogP contribution in [0.25, 0.3) is 0 Å². The third-order valence-electron chi connectivity index (χ3n) is 9.04. The summed E-state index contributed by atoms with van der Waals surface area (Å²) in [5, 5.41) is 18.3. The first kappa shape index (κ1) is 38.9. The Balaban J connectivity index is 1.62. The Labute approximate surface area is 299 Å². The molecule has 4 rings (SSSR count). The van der Waals surface area contributed by atoms with Crippen LogP contribution in [0.15, 0.2) is 54.6 Å². The Kier molecular flexibility index (Phi) is 12.7. The molecular weight excluding hydrogens is 662 g/mol. The number of esters is 1. The molecule has 0 unspecified atom stereocenters. The number of aliphatic hydroxyl groups is 1. The van der Waals surface area contributed by atoms with Gasteiger partial charge in [0.2, 0.25) is 17.7 Å². The lowest BCUT2D eigenvalue weighted by molar-refractivity contribution is -0.157. The maximum absolute atomic E-state index is 13.8. The molecule has 0 aromatic heterocycles. The van der Waals surface area contributed by atoms with E-state index in [9.17, 15) is 24.3 Å². The van der Waals surface area contributed by atoms with E-state index in [4.69, 9.17) is 25.8 Å². The quantitative estimate of drug-likeness (QED) is 0.229. The fourth-order valence-corrected chi connectivity index (χ4v) is 6.18. The van der Waals surface area contributed by atoms with Crippen LogP contribution in [0.5, 0.6) is 5.75 Å². The highest BCUT2D eigenvalue weighted by atomic mass is 35.5. The first-order valence-corrected chi connectivity index (χ1v) is 17.3. The van der Waals surface area contributed by atoms with E-state index in [1.165, 1.54) is 13.2 Å². The highest BCUT2D eigenvalue weighted by molar-refractivity contribution is 6.32. The highest BCUT2D eigenvalue weighted by Gasteiger charge is 2.48. The minimum Gasteiger partial charge on any atom is -0.495 e. The van der Waals surface area contributed by atoms with Gasteiger partial charge >= 0.3 is 5.97 Å². The zero-order valence-corrected chi connectivity index (χ0v) is 30.6. The molecular formula is C38H50ClN3O8. The van der Waals surface area contributed by atoms with Crippen LogP contribution in [0, 0.1) is 16.7 Å². The molecule has 50 heavy (non-hydrogen) atoms. The normalized spacial score (nSPS) is 25.5. The number of hydrogen-bond acceptors (Lipinski definition) is 8. The molecule has 2 aromatic carbocycles. The zero-order valence-electron chi connectivity index (χ0n) is 29.9. The molecule has 12 heteroatoms. The van der Waals surface area contributed by atoms with Gasteiger partial charge in [-0.05, 0) is 60.6 Å². The average molecular weight is 712 g/mol. The van der Waals surface area contributed by atoms with Gasteiger partial charge in [0.05, 0.1) is 30.3 Å². The number of benzene rings is 2. The molecule has 2 heterocycles. The molecule has 0 saturated carbocycles. The van der Waals surface area contributed by atoms with Crippen LogP contribution in [0.2, 0.25) is 5.02 Å². The summed E-state index contributed by atoms with van der Waals surface area (Å²) in [6, 6.07) is 10.7. The van der Waals surface area contributed by atoms with Crippen molar-refractivity contribution in [3.63, 3.8) is 0 Å². The third kappa shape index (κ3) is 10.5. The largest absolute Gasteiger partial charge is 0.495 e. The van der Waals surface area contributed by atoms with Crippen molar-refractivity contribution in [1.29, 1.82) is 0 Å². The summed E-state index contributed by atoms with van der Waals surface area (Å²) in [5.74, 6) is -1.81. The maximum Gasteiger partial charge on any atom is 0.328 e. The highest BCUT2D eigenvalue weighted by Crippen LogP contribution is 2.45. The first-order chi connectivity index (χ1) is 23.5. The Morgan fingerprint density at radius 3 is 2.32 bits per heavy atom. The molecule has 6 atom stereocenters. The van der Waals surface area contributed by atoms with Crippen molar-refractivity contribution in [1.82, 2.24) is 16.0 Å². The topological polar surface area (TPSA) is 156 Å². The standard InChI is InChI=1S/C38H50ClN3O8/c1-22(32-33(50-32)25-14-11-23(20-43)12-15-25)29-9-8-10-31(44)41-27(18-24-13-16-30(48-7)26(39)17-24)34(45)40-21-38(5,6)36(47)42-28(35(46)49-29)19-37(2,3)4/h8,10-17,22,27-29,32-33,43H,9,18-21H2,1-7H3,(H,40,45)(H,41,44)(H,42,47)/t22-,27+,28-,29-,32+,33+/m0/s1. The Morgan fingerprint density at radius 1 is 1.02 bits per heavy atom. The maximum atomic E-state index is 13.8. The SMILES string of the molecule is COc1ccc(C[C@H]2NC(=O)C=CC[C@@H]([C@H](C)[C@H]3O[C@@H]3c3ccc(CO)cc3)OC(=O)[C@H](CC(C)(C)C)NC(=O)C(C)(C)CNC2=O)cc1Cl. The van der Waals surface area contributed by atoms with E-state index < -0.39 is 47.3 Å². The summed E-state index contributed by atoms with van der Waals surface area (Å²) in [4.78, 5) is 54.2. The third-order valence-corrected chi connectivity index (χ3v) is 9.34. The minimum atomic E-state index is -1.12. The van der Waals surface area contributed by atoms with Gasteiger partial charge in [-0.25, -0.2) is 4.79 Å². The molecule has 0 radical (unpaired) electrons. The molecule has 0 bridgehead atoms. The summed E-state index contributed by atoms with van der Waals surface area (Å²) in [7, 11) is 1.51. The summed E-state index contributed by atoms with van der Waals surface area (Å²) in [6.45, 7) is 11.1. The Hall–Kier alpha value is -3.93. The Morgan fingerprint density at radius 2 is 1.70 bits per heavy atom. The van der Waals surface area contributed by atoms with E-state index in [0.717, 1.165) is 11.1 Å². The fraction of sp³-hybridized carbons (Fsp3) is 0.526. The number of halogens is 1. The number of amides is 3. The molecule has 1 fully saturated rings. The van der Waals surface area contributed by atoms with Gasteiger partial charge < -0.3 is 35.3 Å². The van der Waals surface area contributed by atoms with Crippen molar-refractivity contribution in [2.45, 2.75) is 97.8 Å². The number of hydrogen-bond donors (Lipinski definition) is 4. The van der Waals surface area contributed by atoms with Gasteiger partial charge in [0, 0.05) is 25.3 Å². The molecule has 0 spiro atoms. The molecule has 11 nitrogen and oxygen atoms in total. The van der Waals surface area contributed by atoms with Crippen molar-refractivity contribution in [2.24, 2.45) is 16.7 Å². The first-order valence-electron chi connectivity index (χ1n) is 16.9. The number of aliphatic hydroxyl groups excluding tert-OH is 1. The molecule has 2 aliphatic rings. The van der Waals surface area contributed by atoms with Gasteiger partial charge in [0.1, 0.15) is 30.0 Å². The van der Waals surface area contributed by atoms with E-state index in [-0.39, 0.29) is 49.5 Å². The number of nitrogens with one attached hydrogen (secondary N) is 3. The van der Waals surface area contributed by atoms with Gasteiger partial charge in [0.15, 0.2) is 0 Å². The number of epoxide rings is 1. The lowest BCUT2D eigenvalue weighted by Crippen LogP contribution is -2.54. The molecule has 2 aliphatic heterocycles. The van der Waals surface area contributed by atoms with Crippen molar-refractivity contribution >= 4 is 35.3 Å². The lowest BCUT2D eigenvalue weighted by Gasteiger charge is -2.32. The number of ether oxygens (including phenoxy) is 3. The molecule has 0 aliphatic carbocycles. The molecule has 4 N–H and O–H groups in total. The van der Waals surface area contributed by atoms with Gasteiger partial charge in [-0.1, -0.05) is 75.7 Å². The van der Waals surface area contributed by atoms with E-state index in [1.54, 1.807) is 38.1 Å². The second-order valence-corrected chi connectivity index (χ2v) is 15.4. The van der Waals surface area contributed by atoms with Crippen molar-refractivity contribution in [2.75, 3.05) is 13.7 Å². The summed E-state index contributed by atoms with van der Waals surface area (Å²) in [5.41, 5.74) is 0.974. The number of carbonyl (C=O) groups is 4. The monoisotopic (exact) mass is 711 g/mol. The molecule has 2 aromatic rings. The minimum absolute atomic E-state index is 0.0557. The van der Waals surface area contributed by atoms with Crippen molar-refractivity contribution in [3.05, 3.63) is 76.3 Å². The predicted molar refractivity (Wildman–Crippen MR) is 189 cm³/mol. The smallest absolute Gasteiger partial charge is 0.328 e. The summed E-state index contributed by atoms with van der Waals surface area (Å²) >= 11 is 6.34. The van der Waals surface area contributed by atoms with Gasteiger partial charge in [-0.3, -0.25) is 14.4 Å². The van der Waals surface area contributed by atoms with E-state index >= 15 is 0 Å². The van der Waals surface area contributed by atoms with Crippen LogP contribution in [0.3, 0.4) is 0 Å². The summed E-state index contributed by atoms with van der Waals surface area (Å²) in [6.07, 6.45) is 2.39. The Bertz CT molecular complexity index is 1570. The lowest BCUT2D eigenvalue weighted by atomic mass is 9.86. The molecule has 3 amide bonds. The van der Waals surface area contributed by atoms with Crippen LogP contribution < -0.4 is 20.7 Å². The number of carbonyl (C=O) groups excluding carboxylic acids is 4. The second kappa shape index (κ2) is 16.4. The van der Waals surface area contributed by atoms with Crippen LogP contribution in [-0.4, -0.2) is 66.7 Å². The summed E-state index contributed by atoms with van der Waals surface area (Å²) < 4.78 is 17.4. The van der Waals surface area contributed by atoms with Crippen LogP contribution in [-0.2, 0) is 41.7 Å². The van der Waals surface area contributed by atoms with Crippen LogP contribution in [0.1, 0.15) is 77.2 Å². The number of cyclic esters (lactones) is 1. The second-order valence-electron chi connectivity index (χ2n) is 15.0. The number of rotatable bonds is 8. The van der Waals surface area contributed by atoms with Gasteiger partial charge in [0.25, 0.3) is 0 Å². The fourth-order valence-electron chi connectivity index (χ4n) is 5.90. The van der Waals surface area contributed by atoms with E-state index in [2.05, 4.69) is 16.0 Å². The van der Waals surface area contributed by atoms with E-state index in [1.807, 2.05) is 52.0 Å². The van der Waals surface area contributed by atoms with Crippen molar-refractivity contribution in [3.8, 4) is 5.75 Å². The van der Waals surface area contributed by atoms with Crippen LogP contribution in [0.4, 0.5) is 0 Å². The number of methoxy groups -OCH3 is 1. The van der Waals surface area contributed by atoms with Gasteiger partial charge in [-0.2, -0.15) is 0 Å². The molecule has 272 valence electrons.